The first kappa shape index (κ1) is 15.4. The Hall–Kier alpha value is -4.08. The van der Waals surface area contributed by atoms with Gasteiger partial charge in [-0.05, 0) is 12.1 Å². The summed E-state index contributed by atoms with van der Waals surface area (Å²) >= 11 is 0. The molecule has 1 heterocycles. The maximum absolute atomic E-state index is 12.2. The fraction of sp³-hybridized carbons (Fsp3) is 0. The number of rotatable bonds is 0. The number of aromatic nitrogens is 2. The van der Waals surface area contributed by atoms with Gasteiger partial charge in [-0.1, -0.05) is 0 Å². The van der Waals surface area contributed by atoms with Crippen molar-refractivity contribution in [2.75, 3.05) is 0 Å². The van der Waals surface area contributed by atoms with E-state index >= 15 is 0 Å². The molecule has 10 nitrogen and oxygen atoms in total. The molecule has 2 aliphatic carbocycles. The maximum atomic E-state index is 12.2. The van der Waals surface area contributed by atoms with Gasteiger partial charge in [-0.25, -0.2) is 9.97 Å². The number of hydrogen-bond donors (Lipinski definition) is 0. The van der Waals surface area contributed by atoms with E-state index < -0.39 is 70.7 Å². The van der Waals surface area contributed by atoms with Crippen LogP contribution in [0.15, 0.2) is 50.5 Å². The standard InChI is InChI=1S/C16H2N2O8/c19-4-2-1-3-5(10(4)20)11(21)12(22)7-6(3)17-8-9(18-7)14(24)16(26)15(25)13(8)23/h1-2H. The van der Waals surface area contributed by atoms with Crippen LogP contribution >= 0.6 is 0 Å². The summed E-state index contributed by atoms with van der Waals surface area (Å²) in [4.78, 5) is 102. The van der Waals surface area contributed by atoms with Crippen molar-refractivity contribution in [3.05, 3.63) is 104 Å². The van der Waals surface area contributed by atoms with Crippen LogP contribution in [0.4, 0.5) is 0 Å². The highest BCUT2D eigenvalue weighted by molar-refractivity contribution is 5.86. The molecule has 0 amide bonds. The molecule has 124 valence electrons. The number of fused-ring (bicyclic) bond motifs is 3. The minimum absolute atomic E-state index is 0.228. The van der Waals surface area contributed by atoms with Gasteiger partial charge in [-0.3, -0.25) is 38.4 Å². The summed E-state index contributed by atoms with van der Waals surface area (Å²) in [5.41, 5.74) is -13.6. The topological polar surface area (TPSA) is 162 Å². The van der Waals surface area contributed by atoms with Crippen LogP contribution in [0.2, 0.25) is 0 Å². The third kappa shape index (κ3) is 1.69. The summed E-state index contributed by atoms with van der Waals surface area (Å²) in [7, 11) is 0. The molecule has 0 N–H and O–H groups in total. The van der Waals surface area contributed by atoms with Crippen molar-refractivity contribution in [3.63, 3.8) is 0 Å². The molecular formula is C16H2N2O8. The minimum Gasteiger partial charge on any atom is -0.286 e. The van der Waals surface area contributed by atoms with Crippen LogP contribution in [0.3, 0.4) is 0 Å². The Labute approximate surface area is 137 Å². The second-order valence-corrected chi connectivity index (χ2v) is 5.41. The third-order valence-corrected chi connectivity index (χ3v) is 3.97. The van der Waals surface area contributed by atoms with Crippen molar-refractivity contribution in [3.8, 4) is 0 Å². The van der Waals surface area contributed by atoms with Gasteiger partial charge in [0.15, 0.2) is 0 Å². The van der Waals surface area contributed by atoms with E-state index in [-0.39, 0.29) is 5.22 Å². The summed E-state index contributed by atoms with van der Waals surface area (Å²) in [6.07, 6.45) is 0. The van der Waals surface area contributed by atoms with Crippen molar-refractivity contribution in [2.24, 2.45) is 0 Å². The van der Waals surface area contributed by atoms with Gasteiger partial charge in [0.2, 0.25) is 16.3 Å². The predicted molar refractivity (Wildman–Crippen MR) is 87.2 cm³/mol. The van der Waals surface area contributed by atoms with E-state index in [1.165, 1.54) is 0 Å². The van der Waals surface area contributed by atoms with Crippen molar-refractivity contribution in [1.82, 2.24) is 9.97 Å². The molecular weight excluding hydrogens is 348 g/mol. The second kappa shape index (κ2) is 4.72. The molecule has 0 unspecified atom stereocenters. The average molecular weight is 350 g/mol. The summed E-state index contributed by atoms with van der Waals surface area (Å²) in [5.74, 6) is 0. The zero-order chi connectivity index (χ0) is 18.9. The smallest absolute Gasteiger partial charge is 0.279 e. The van der Waals surface area contributed by atoms with Crippen LogP contribution in [0.1, 0.15) is 0 Å². The zero-order valence-corrected chi connectivity index (χ0v) is 12.3. The van der Waals surface area contributed by atoms with Crippen LogP contribution in [0.25, 0.3) is 22.1 Å². The molecule has 0 saturated heterocycles. The Balaban J connectivity index is 2.57. The number of hydrogen-bond acceptors (Lipinski definition) is 10. The van der Waals surface area contributed by atoms with E-state index in [0.717, 1.165) is 12.1 Å². The lowest BCUT2D eigenvalue weighted by molar-refractivity contribution is 1.24. The summed E-state index contributed by atoms with van der Waals surface area (Å²) in [6.45, 7) is 0. The van der Waals surface area contributed by atoms with Gasteiger partial charge in [-0.15, -0.1) is 0 Å². The normalized spacial score (nSPS) is 11.5. The SMILES string of the molecule is O=c1ccc2c3nc4c(=O)c(=O)c(=O)c(=O)c4nc3c(=O)c(=O)c=2c1=O. The predicted octanol–water partition coefficient (Wildman–Crippen LogP) is -3.86. The van der Waals surface area contributed by atoms with Crippen molar-refractivity contribution < 1.29 is 0 Å². The highest BCUT2D eigenvalue weighted by Gasteiger charge is 2.20. The monoisotopic (exact) mass is 350 g/mol. The number of nitrogens with zero attached hydrogens (tertiary/aromatic N) is 2. The van der Waals surface area contributed by atoms with Crippen LogP contribution < -0.4 is 43.4 Å². The molecule has 4 rings (SSSR count). The van der Waals surface area contributed by atoms with Gasteiger partial charge in [0.1, 0.15) is 22.1 Å². The molecule has 10 heteroatoms. The highest BCUT2D eigenvalue weighted by atomic mass is 16.2. The summed E-state index contributed by atoms with van der Waals surface area (Å²) < 4.78 is 0. The van der Waals surface area contributed by atoms with Gasteiger partial charge < -0.3 is 0 Å². The van der Waals surface area contributed by atoms with E-state index in [1.54, 1.807) is 0 Å². The lowest BCUT2D eigenvalue weighted by Gasteiger charge is -1.99. The lowest BCUT2D eigenvalue weighted by Crippen LogP contribution is -2.47. The Morgan fingerprint density at radius 3 is 1.50 bits per heavy atom. The molecule has 1 aromatic carbocycles. The van der Waals surface area contributed by atoms with Gasteiger partial charge in [-0.2, -0.15) is 0 Å². The first-order valence-electron chi connectivity index (χ1n) is 6.94. The van der Waals surface area contributed by atoms with Gasteiger partial charge >= 0.3 is 0 Å². The Morgan fingerprint density at radius 2 is 0.923 bits per heavy atom. The molecule has 0 saturated carbocycles. The van der Waals surface area contributed by atoms with E-state index in [9.17, 15) is 38.4 Å². The lowest BCUT2D eigenvalue weighted by atomic mass is 10.1. The summed E-state index contributed by atoms with van der Waals surface area (Å²) in [5, 5.41) is -0.949. The molecule has 0 aliphatic heterocycles. The van der Waals surface area contributed by atoms with Gasteiger partial charge in [0.05, 0.1) is 5.22 Å². The quantitative estimate of drug-likeness (QED) is 0.287. The number of benzene rings is 1. The van der Waals surface area contributed by atoms with E-state index in [0.29, 0.717) is 0 Å². The molecule has 0 radical (unpaired) electrons. The van der Waals surface area contributed by atoms with Crippen LogP contribution in [0, 0.1) is 10.4 Å². The Kier molecular flexibility index (Phi) is 2.81. The first-order chi connectivity index (χ1) is 12.2. The van der Waals surface area contributed by atoms with E-state index in [1.807, 2.05) is 0 Å². The molecule has 2 aliphatic rings. The van der Waals surface area contributed by atoms with Crippen molar-refractivity contribution in [1.29, 1.82) is 0 Å². The fourth-order valence-corrected chi connectivity index (χ4v) is 2.73. The molecule has 0 atom stereocenters. The fourth-order valence-electron chi connectivity index (χ4n) is 2.73. The summed E-state index contributed by atoms with van der Waals surface area (Å²) in [6, 6.07) is 1.89. The zero-order valence-electron chi connectivity index (χ0n) is 12.3. The average Bonchev–Trinajstić information content (AvgIpc) is 2.63. The molecule has 0 fully saturated rings. The van der Waals surface area contributed by atoms with Crippen LogP contribution in [0.5, 0.6) is 0 Å². The molecule has 26 heavy (non-hydrogen) atoms. The largest absolute Gasteiger partial charge is 0.286 e. The van der Waals surface area contributed by atoms with Crippen molar-refractivity contribution in [2.45, 2.75) is 0 Å². The van der Waals surface area contributed by atoms with E-state index in [4.69, 9.17) is 0 Å². The molecule has 0 spiro atoms. The Bertz CT molecular complexity index is 1790. The minimum atomic E-state index is -1.62. The van der Waals surface area contributed by atoms with Crippen LogP contribution in [-0.2, 0) is 0 Å². The maximum Gasteiger partial charge on any atom is 0.279 e. The highest BCUT2D eigenvalue weighted by Crippen LogP contribution is 2.08. The van der Waals surface area contributed by atoms with Crippen LogP contribution in [-0.4, -0.2) is 9.97 Å². The van der Waals surface area contributed by atoms with Crippen molar-refractivity contribution >= 4 is 22.1 Å². The second-order valence-electron chi connectivity index (χ2n) is 5.41. The molecule has 2 aromatic rings. The van der Waals surface area contributed by atoms with Gasteiger partial charge in [0.25, 0.3) is 27.1 Å². The molecule has 0 bridgehead atoms. The Morgan fingerprint density at radius 1 is 0.462 bits per heavy atom. The third-order valence-electron chi connectivity index (χ3n) is 3.97. The molecule has 1 aromatic heterocycles. The first-order valence-corrected chi connectivity index (χ1v) is 6.94. The van der Waals surface area contributed by atoms with E-state index in [2.05, 4.69) is 9.97 Å². The van der Waals surface area contributed by atoms with Gasteiger partial charge in [0, 0.05) is 5.22 Å².